The highest BCUT2D eigenvalue weighted by atomic mass is 16.5. The summed E-state index contributed by atoms with van der Waals surface area (Å²) in [7, 11) is 0. The number of nitrogens with zero attached hydrogens (tertiary/aromatic N) is 2. The van der Waals surface area contributed by atoms with E-state index in [9.17, 15) is 14.9 Å². The van der Waals surface area contributed by atoms with Crippen LogP contribution in [0.2, 0.25) is 0 Å². The van der Waals surface area contributed by atoms with Gasteiger partial charge in [0.05, 0.1) is 11.3 Å². The zero-order valence-electron chi connectivity index (χ0n) is 18.7. The van der Waals surface area contributed by atoms with Crippen LogP contribution in [0.5, 0.6) is 5.75 Å². The van der Waals surface area contributed by atoms with Gasteiger partial charge in [0, 0.05) is 30.0 Å². The summed E-state index contributed by atoms with van der Waals surface area (Å²) in [6.07, 6.45) is 2.01. The van der Waals surface area contributed by atoms with Crippen molar-refractivity contribution < 1.29 is 14.3 Å². The lowest BCUT2D eigenvalue weighted by Crippen LogP contribution is -2.40. The Hall–Kier alpha value is -4.17. The smallest absolute Gasteiger partial charge is 0.232 e. The Labute approximate surface area is 198 Å². The fourth-order valence-corrected chi connectivity index (χ4v) is 4.86. The fraction of sp³-hybridized carbons (Fsp3) is 0.207. The zero-order valence-corrected chi connectivity index (χ0v) is 18.7. The lowest BCUT2D eigenvalue weighted by atomic mass is 9.77. The van der Waals surface area contributed by atoms with Crippen LogP contribution in [-0.2, 0) is 16.2 Å². The molecule has 5 rings (SSSR count). The molecule has 0 radical (unpaired) electrons. The lowest BCUT2D eigenvalue weighted by molar-refractivity contribution is -0.119. The Morgan fingerprint density at radius 3 is 2.41 bits per heavy atom. The molecule has 0 saturated heterocycles. The summed E-state index contributed by atoms with van der Waals surface area (Å²) in [5, 5.41) is 9.57. The van der Waals surface area contributed by atoms with Crippen LogP contribution in [0.3, 0.4) is 0 Å². The van der Waals surface area contributed by atoms with Gasteiger partial charge in [0.25, 0.3) is 0 Å². The number of benzene rings is 3. The van der Waals surface area contributed by atoms with Crippen molar-refractivity contribution in [2.45, 2.75) is 38.2 Å². The molecule has 1 aliphatic heterocycles. The minimum atomic E-state index is -0.288. The van der Waals surface area contributed by atoms with Crippen molar-refractivity contribution in [3.63, 3.8) is 0 Å². The van der Waals surface area contributed by atoms with Gasteiger partial charge in [0.1, 0.15) is 18.4 Å². The second-order valence-electron chi connectivity index (χ2n) is 8.60. The topological polar surface area (TPSA) is 70.4 Å². The van der Waals surface area contributed by atoms with Crippen LogP contribution in [0.4, 0.5) is 5.69 Å². The number of anilines is 1. The summed E-state index contributed by atoms with van der Waals surface area (Å²) < 4.78 is 5.90. The van der Waals surface area contributed by atoms with Gasteiger partial charge in [-0.2, -0.15) is 5.26 Å². The molecule has 0 fully saturated rings. The van der Waals surface area contributed by atoms with Gasteiger partial charge >= 0.3 is 0 Å². The molecule has 5 heteroatoms. The van der Waals surface area contributed by atoms with Gasteiger partial charge < -0.3 is 4.74 Å². The summed E-state index contributed by atoms with van der Waals surface area (Å²) in [6, 6.07) is 26.9. The molecule has 34 heavy (non-hydrogen) atoms. The molecule has 3 aromatic rings. The van der Waals surface area contributed by atoms with Gasteiger partial charge in [-0.25, -0.2) is 0 Å². The van der Waals surface area contributed by atoms with E-state index < -0.39 is 0 Å². The summed E-state index contributed by atoms with van der Waals surface area (Å²) in [4.78, 5) is 28.1. The van der Waals surface area contributed by atoms with Gasteiger partial charge in [0.15, 0.2) is 5.78 Å². The molecule has 1 aliphatic carbocycles. The number of para-hydroxylation sites is 1. The van der Waals surface area contributed by atoms with Crippen LogP contribution < -0.4 is 9.64 Å². The van der Waals surface area contributed by atoms with Crippen molar-refractivity contribution in [3.8, 4) is 11.8 Å². The molecule has 0 spiro atoms. The highest BCUT2D eigenvalue weighted by Gasteiger charge is 2.40. The SMILES string of the molecule is N#Cc1ccccc1N1C(=O)CC(c2ccc(OCc3ccccc3)cc2)C2=C1CCCC2=O. The van der Waals surface area contributed by atoms with Crippen LogP contribution in [0.15, 0.2) is 90.1 Å². The van der Waals surface area contributed by atoms with E-state index in [0.717, 1.165) is 22.6 Å². The molecular weight excluding hydrogens is 424 g/mol. The van der Waals surface area contributed by atoms with Crippen molar-refractivity contribution in [1.29, 1.82) is 5.26 Å². The van der Waals surface area contributed by atoms with E-state index in [0.29, 0.717) is 42.7 Å². The highest BCUT2D eigenvalue weighted by Crippen LogP contribution is 2.44. The third-order valence-electron chi connectivity index (χ3n) is 6.47. The van der Waals surface area contributed by atoms with Crippen LogP contribution in [0.25, 0.3) is 0 Å². The molecule has 1 atom stereocenters. The Morgan fingerprint density at radius 1 is 0.912 bits per heavy atom. The van der Waals surface area contributed by atoms with Crippen molar-refractivity contribution in [2.24, 2.45) is 0 Å². The number of ether oxygens (including phenoxy) is 1. The van der Waals surface area contributed by atoms with E-state index in [-0.39, 0.29) is 24.0 Å². The first kappa shape index (κ1) is 21.7. The maximum Gasteiger partial charge on any atom is 0.232 e. The normalized spacial score (nSPS) is 17.9. The molecular formula is C29H24N2O3. The van der Waals surface area contributed by atoms with Gasteiger partial charge in [-0.05, 0) is 48.2 Å². The third kappa shape index (κ3) is 4.11. The summed E-state index contributed by atoms with van der Waals surface area (Å²) in [5.74, 6) is 0.445. The number of Topliss-reactive ketones (excluding diaryl/α,β-unsaturated/α-hetero) is 1. The second-order valence-corrected chi connectivity index (χ2v) is 8.60. The Morgan fingerprint density at radius 2 is 1.65 bits per heavy atom. The Balaban J connectivity index is 1.46. The van der Waals surface area contributed by atoms with Crippen LogP contribution in [-0.4, -0.2) is 11.7 Å². The van der Waals surface area contributed by atoms with Crippen molar-refractivity contribution in [2.75, 3.05) is 4.90 Å². The van der Waals surface area contributed by atoms with Crippen molar-refractivity contribution >= 4 is 17.4 Å². The molecule has 1 unspecified atom stereocenters. The van der Waals surface area contributed by atoms with E-state index in [4.69, 9.17) is 4.74 Å². The van der Waals surface area contributed by atoms with Gasteiger partial charge in [0.2, 0.25) is 5.91 Å². The zero-order chi connectivity index (χ0) is 23.5. The number of nitriles is 1. The minimum Gasteiger partial charge on any atom is -0.489 e. The van der Waals surface area contributed by atoms with Crippen molar-refractivity contribution in [3.05, 3.63) is 107 Å². The lowest BCUT2D eigenvalue weighted by Gasteiger charge is -2.38. The average molecular weight is 449 g/mol. The highest BCUT2D eigenvalue weighted by molar-refractivity contribution is 6.08. The Bertz CT molecular complexity index is 1300. The fourth-order valence-electron chi connectivity index (χ4n) is 4.86. The van der Waals surface area contributed by atoms with E-state index in [1.807, 2.05) is 60.7 Å². The molecule has 2 aliphatic rings. The Kier molecular flexibility index (Phi) is 5.97. The number of hydrogen-bond acceptors (Lipinski definition) is 4. The predicted octanol–water partition coefficient (Wildman–Crippen LogP) is 5.66. The average Bonchev–Trinajstić information content (AvgIpc) is 2.88. The molecule has 168 valence electrons. The van der Waals surface area contributed by atoms with E-state index in [1.54, 1.807) is 23.1 Å². The van der Waals surface area contributed by atoms with E-state index in [1.165, 1.54) is 0 Å². The second kappa shape index (κ2) is 9.36. The largest absolute Gasteiger partial charge is 0.489 e. The molecule has 1 heterocycles. The molecule has 0 bridgehead atoms. The molecule has 1 amide bonds. The van der Waals surface area contributed by atoms with Crippen LogP contribution in [0.1, 0.15) is 48.3 Å². The first-order valence-electron chi connectivity index (χ1n) is 11.5. The number of carbonyl (C=O) groups is 2. The van der Waals surface area contributed by atoms with Gasteiger partial charge in [-0.15, -0.1) is 0 Å². The monoisotopic (exact) mass is 448 g/mol. The summed E-state index contributed by atoms with van der Waals surface area (Å²) >= 11 is 0. The van der Waals surface area contributed by atoms with Gasteiger partial charge in [-0.3, -0.25) is 14.5 Å². The van der Waals surface area contributed by atoms with E-state index in [2.05, 4.69) is 6.07 Å². The minimum absolute atomic E-state index is 0.0857. The maximum absolute atomic E-state index is 13.4. The molecule has 0 N–H and O–H groups in total. The van der Waals surface area contributed by atoms with Crippen LogP contribution >= 0.6 is 0 Å². The van der Waals surface area contributed by atoms with Crippen molar-refractivity contribution in [1.82, 2.24) is 0 Å². The molecule has 0 saturated carbocycles. The molecule has 3 aromatic carbocycles. The molecule has 5 nitrogen and oxygen atoms in total. The third-order valence-corrected chi connectivity index (χ3v) is 6.47. The number of allylic oxidation sites excluding steroid dienone is 2. The summed E-state index contributed by atoms with van der Waals surface area (Å²) in [6.45, 7) is 0.475. The number of carbonyl (C=O) groups excluding carboxylic acids is 2. The number of ketones is 1. The van der Waals surface area contributed by atoms with Crippen LogP contribution in [0, 0.1) is 11.3 Å². The first-order chi connectivity index (χ1) is 16.7. The number of rotatable bonds is 5. The predicted molar refractivity (Wildman–Crippen MR) is 129 cm³/mol. The standard InChI is InChI=1S/C29H24N2O3/c30-18-22-9-4-5-10-25(22)31-26-11-6-12-27(32)29(26)24(17-28(31)33)21-13-15-23(16-14-21)34-19-20-7-2-1-3-8-20/h1-5,7-10,13-16,24H,6,11-12,17,19H2. The van der Waals surface area contributed by atoms with Gasteiger partial charge in [-0.1, -0.05) is 54.6 Å². The summed E-state index contributed by atoms with van der Waals surface area (Å²) in [5.41, 5.74) is 4.45. The number of amides is 1. The number of hydrogen-bond donors (Lipinski definition) is 0. The first-order valence-corrected chi connectivity index (χ1v) is 11.5. The maximum atomic E-state index is 13.4. The molecule has 0 aromatic heterocycles. The quantitative estimate of drug-likeness (QED) is 0.505. The van der Waals surface area contributed by atoms with E-state index >= 15 is 0 Å².